The van der Waals surface area contributed by atoms with Crippen molar-refractivity contribution >= 4 is 10.9 Å². The number of nitrogens with zero attached hydrogens (tertiary/aromatic N) is 1. The summed E-state index contributed by atoms with van der Waals surface area (Å²) in [5.74, 6) is 0. The van der Waals surface area contributed by atoms with Crippen LogP contribution in [0.1, 0.15) is 5.56 Å². The second-order valence-corrected chi connectivity index (χ2v) is 4.33. The largest absolute Gasteiger partial charge is 0.336 e. The zero-order chi connectivity index (χ0) is 10.5. The predicted octanol–water partition coefficient (Wildman–Crippen LogP) is 3.67. The Morgan fingerprint density at radius 1 is 0.875 bits per heavy atom. The molecule has 3 aromatic rings. The summed E-state index contributed by atoms with van der Waals surface area (Å²) in [6.07, 6.45) is 0. The monoisotopic (exact) mass is 205 g/mol. The fourth-order valence-corrected chi connectivity index (χ4v) is 2.68. The quantitative estimate of drug-likeness (QED) is 0.413. The summed E-state index contributed by atoms with van der Waals surface area (Å²) in [6.45, 7) is 1.01. The van der Waals surface area contributed by atoms with Gasteiger partial charge in [0, 0.05) is 28.7 Å². The molecule has 0 aliphatic carbocycles. The lowest BCUT2D eigenvalue weighted by Crippen LogP contribution is -1.91. The van der Waals surface area contributed by atoms with E-state index in [0.717, 1.165) is 6.54 Å². The minimum Gasteiger partial charge on any atom is -0.336 e. The van der Waals surface area contributed by atoms with E-state index in [0.29, 0.717) is 0 Å². The van der Waals surface area contributed by atoms with Crippen molar-refractivity contribution < 1.29 is 0 Å². The molecular weight excluding hydrogens is 194 g/mol. The van der Waals surface area contributed by atoms with E-state index >= 15 is 0 Å². The third kappa shape index (κ3) is 0.904. The summed E-state index contributed by atoms with van der Waals surface area (Å²) in [7, 11) is 0. The highest BCUT2D eigenvalue weighted by atomic mass is 15.0. The third-order valence-corrected chi connectivity index (χ3v) is 3.43. The summed E-state index contributed by atoms with van der Waals surface area (Å²) in [5, 5.41) is 1.34. The van der Waals surface area contributed by atoms with Crippen LogP contribution >= 0.6 is 0 Å². The van der Waals surface area contributed by atoms with Crippen LogP contribution in [0.15, 0.2) is 54.6 Å². The molecule has 0 N–H and O–H groups in total. The van der Waals surface area contributed by atoms with Crippen molar-refractivity contribution in [3.05, 3.63) is 60.2 Å². The molecule has 0 saturated carbocycles. The molecule has 1 aliphatic heterocycles. The Balaban J connectivity index is 2.12. The standard InChI is InChI=1S/C15H11N/c1-3-7-13-12(6-1)10-16-14-8-4-2-5-11(14)9-15(13)16/h1-9H,10H2. The summed E-state index contributed by atoms with van der Waals surface area (Å²) < 4.78 is 2.40. The number of hydrogen-bond acceptors (Lipinski definition) is 0. The second-order valence-electron chi connectivity index (χ2n) is 4.33. The van der Waals surface area contributed by atoms with E-state index in [9.17, 15) is 0 Å². The van der Waals surface area contributed by atoms with Crippen LogP contribution in [0, 0.1) is 0 Å². The summed E-state index contributed by atoms with van der Waals surface area (Å²) in [6, 6.07) is 19.6. The molecule has 0 bridgehead atoms. The SMILES string of the molecule is c1ccc2c(c1)Cn1c-2cc2ccccc21. The first-order chi connectivity index (χ1) is 7.93. The predicted molar refractivity (Wildman–Crippen MR) is 66.5 cm³/mol. The lowest BCUT2D eigenvalue weighted by Gasteiger charge is -1.99. The molecule has 16 heavy (non-hydrogen) atoms. The van der Waals surface area contributed by atoms with E-state index < -0.39 is 0 Å². The minimum absolute atomic E-state index is 1.01. The van der Waals surface area contributed by atoms with E-state index in [1.807, 2.05) is 0 Å². The van der Waals surface area contributed by atoms with Gasteiger partial charge >= 0.3 is 0 Å². The van der Waals surface area contributed by atoms with Crippen molar-refractivity contribution in [3.8, 4) is 11.3 Å². The average molecular weight is 205 g/mol. The van der Waals surface area contributed by atoms with Crippen molar-refractivity contribution in [1.82, 2.24) is 4.57 Å². The molecule has 0 radical (unpaired) electrons. The normalized spacial score (nSPS) is 12.8. The van der Waals surface area contributed by atoms with Gasteiger partial charge in [-0.05, 0) is 17.7 Å². The summed E-state index contributed by atoms with van der Waals surface area (Å²) in [5.41, 5.74) is 5.52. The first-order valence-electron chi connectivity index (χ1n) is 5.60. The van der Waals surface area contributed by atoms with E-state index in [1.165, 1.54) is 27.7 Å². The second kappa shape index (κ2) is 2.76. The Hall–Kier alpha value is -2.02. The molecule has 76 valence electrons. The van der Waals surface area contributed by atoms with Gasteiger partial charge in [0.2, 0.25) is 0 Å². The van der Waals surface area contributed by atoms with Gasteiger partial charge in [-0.25, -0.2) is 0 Å². The van der Waals surface area contributed by atoms with E-state index in [1.54, 1.807) is 0 Å². The lowest BCUT2D eigenvalue weighted by atomic mass is 10.1. The molecule has 0 spiro atoms. The van der Waals surface area contributed by atoms with Gasteiger partial charge < -0.3 is 4.57 Å². The zero-order valence-corrected chi connectivity index (χ0v) is 8.85. The molecule has 0 unspecified atom stereocenters. The molecule has 4 rings (SSSR count). The molecule has 0 saturated heterocycles. The molecule has 0 atom stereocenters. The van der Waals surface area contributed by atoms with Crippen molar-refractivity contribution in [2.24, 2.45) is 0 Å². The lowest BCUT2D eigenvalue weighted by molar-refractivity contribution is 0.887. The van der Waals surface area contributed by atoms with Crippen LogP contribution in [0.4, 0.5) is 0 Å². The maximum atomic E-state index is 2.40. The number of fused-ring (bicyclic) bond motifs is 5. The Labute approximate surface area is 93.9 Å². The number of benzene rings is 2. The van der Waals surface area contributed by atoms with Crippen molar-refractivity contribution in [3.63, 3.8) is 0 Å². The van der Waals surface area contributed by atoms with Crippen LogP contribution in [0.2, 0.25) is 0 Å². The van der Waals surface area contributed by atoms with Crippen LogP contribution in [-0.4, -0.2) is 4.57 Å². The Kier molecular flexibility index (Phi) is 1.41. The van der Waals surface area contributed by atoms with Crippen LogP contribution in [0.3, 0.4) is 0 Å². The van der Waals surface area contributed by atoms with Crippen LogP contribution in [0.5, 0.6) is 0 Å². The topological polar surface area (TPSA) is 4.93 Å². The molecule has 1 aliphatic rings. The molecule has 0 fully saturated rings. The third-order valence-electron chi connectivity index (χ3n) is 3.43. The van der Waals surface area contributed by atoms with Gasteiger partial charge in [0.05, 0.1) is 0 Å². The van der Waals surface area contributed by atoms with Gasteiger partial charge in [-0.15, -0.1) is 0 Å². The average Bonchev–Trinajstić information content (AvgIpc) is 2.85. The zero-order valence-electron chi connectivity index (χ0n) is 8.85. The van der Waals surface area contributed by atoms with Crippen molar-refractivity contribution in [2.75, 3.05) is 0 Å². The van der Waals surface area contributed by atoms with Gasteiger partial charge in [0.25, 0.3) is 0 Å². The van der Waals surface area contributed by atoms with Gasteiger partial charge in [-0.1, -0.05) is 42.5 Å². The smallest absolute Gasteiger partial charge is 0.0497 e. The first kappa shape index (κ1) is 8.17. The van der Waals surface area contributed by atoms with Crippen LogP contribution in [0.25, 0.3) is 22.2 Å². The highest BCUT2D eigenvalue weighted by Crippen LogP contribution is 2.36. The van der Waals surface area contributed by atoms with Crippen LogP contribution in [-0.2, 0) is 6.54 Å². The van der Waals surface area contributed by atoms with Crippen LogP contribution < -0.4 is 0 Å². The summed E-state index contributed by atoms with van der Waals surface area (Å²) >= 11 is 0. The molecule has 1 aromatic heterocycles. The first-order valence-corrected chi connectivity index (χ1v) is 5.60. The van der Waals surface area contributed by atoms with Gasteiger partial charge in [-0.2, -0.15) is 0 Å². The number of rotatable bonds is 0. The molecule has 0 amide bonds. The van der Waals surface area contributed by atoms with Crippen molar-refractivity contribution in [1.29, 1.82) is 0 Å². The minimum atomic E-state index is 1.01. The van der Waals surface area contributed by atoms with E-state index in [-0.39, 0.29) is 0 Å². The number of hydrogen-bond donors (Lipinski definition) is 0. The van der Waals surface area contributed by atoms with Gasteiger partial charge in [0.15, 0.2) is 0 Å². The number of para-hydroxylation sites is 1. The van der Waals surface area contributed by atoms with E-state index in [4.69, 9.17) is 0 Å². The molecule has 2 aromatic carbocycles. The molecule has 2 heterocycles. The Bertz CT molecular complexity index is 691. The van der Waals surface area contributed by atoms with Gasteiger partial charge in [-0.3, -0.25) is 0 Å². The Morgan fingerprint density at radius 2 is 1.69 bits per heavy atom. The maximum Gasteiger partial charge on any atom is 0.0497 e. The maximum absolute atomic E-state index is 2.40. The number of aromatic nitrogens is 1. The fraction of sp³-hybridized carbons (Fsp3) is 0.0667. The molecule has 1 heteroatoms. The highest BCUT2D eigenvalue weighted by Gasteiger charge is 2.19. The highest BCUT2D eigenvalue weighted by molar-refractivity contribution is 5.89. The summed E-state index contributed by atoms with van der Waals surface area (Å²) in [4.78, 5) is 0. The Morgan fingerprint density at radius 3 is 2.69 bits per heavy atom. The van der Waals surface area contributed by atoms with E-state index in [2.05, 4.69) is 59.2 Å². The fourth-order valence-electron chi connectivity index (χ4n) is 2.68. The molecule has 1 nitrogen and oxygen atoms in total. The molecular formula is C15H11N. The van der Waals surface area contributed by atoms with Crippen molar-refractivity contribution in [2.45, 2.75) is 6.54 Å². The van der Waals surface area contributed by atoms with Gasteiger partial charge in [0.1, 0.15) is 0 Å².